The third-order valence-electron chi connectivity index (χ3n) is 2.13. The molecule has 0 spiro atoms. The van der Waals surface area contributed by atoms with Crippen LogP contribution in [0.2, 0.25) is 0 Å². The molecule has 1 saturated carbocycles. The maximum atomic E-state index is 9.67. The van der Waals surface area contributed by atoms with Crippen molar-refractivity contribution < 1.29 is 5.11 Å². The second kappa shape index (κ2) is 5.25. The van der Waals surface area contributed by atoms with Gasteiger partial charge >= 0.3 is 0 Å². The Balaban J connectivity index is 1.63. The molecule has 1 heterocycles. The number of aryl methyl sites for hydroxylation is 1. The predicted octanol–water partition coefficient (Wildman–Crippen LogP) is 1.05. The number of aromatic nitrogens is 2. The highest BCUT2D eigenvalue weighted by molar-refractivity contribution is 8.00. The molecule has 6 heteroatoms. The highest BCUT2D eigenvalue weighted by Gasteiger charge is 2.21. The molecule has 2 N–H and O–H groups in total. The summed E-state index contributed by atoms with van der Waals surface area (Å²) in [6.45, 7) is 2.57. The Morgan fingerprint density at radius 1 is 1.67 bits per heavy atom. The van der Waals surface area contributed by atoms with E-state index in [4.69, 9.17) is 0 Å². The van der Waals surface area contributed by atoms with Gasteiger partial charge in [0.2, 0.25) is 0 Å². The summed E-state index contributed by atoms with van der Waals surface area (Å²) in [5.74, 6) is 1.50. The summed E-state index contributed by atoms with van der Waals surface area (Å²) < 4.78 is 5.03. The first-order valence-corrected chi connectivity index (χ1v) is 6.84. The van der Waals surface area contributed by atoms with Gasteiger partial charge in [0, 0.05) is 18.3 Å². The Morgan fingerprint density at radius 2 is 2.47 bits per heavy atom. The van der Waals surface area contributed by atoms with Crippen molar-refractivity contribution in [1.82, 2.24) is 14.7 Å². The Morgan fingerprint density at radius 3 is 3.07 bits per heavy atom. The first kappa shape index (κ1) is 11.3. The molecule has 2 rings (SSSR count). The van der Waals surface area contributed by atoms with E-state index < -0.39 is 0 Å². The van der Waals surface area contributed by atoms with Crippen LogP contribution >= 0.6 is 23.3 Å². The molecule has 0 saturated heterocycles. The predicted molar refractivity (Wildman–Crippen MR) is 62.4 cm³/mol. The van der Waals surface area contributed by atoms with E-state index in [-0.39, 0.29) is 6.10 Å². The lowest BCUT2D eigenvalue weighted by Crippen LogP contribution is -2.29. The van der Waals surface area contributed by atoms with Crippen LogP contribution in [0.3, 0.4) is 0 Å². The molecule has 1 aliphatic rings. The normalized spacial score (nSPS) is 18.0. The van der Waals surface area contributed by atoms with Gasteiger partial charge in [-0.1, -0.05) is 11.8 Å². The van der Waals surface area contributed by atoms with Crippen molar-refractivity contribution >= 4 is 23.3 Å². The van der Waals surface area contributed by atoms with Crippen LogP contribution in [0, 0.1) is 6.92 Å². The molecule has 1 unspecified atom stereocenters. The highest BCUT2D eigenvalue weighted by atomic mass is 32.2. The van der Waals surface area contributed by atoms with Gasteiger partial charge in [0.1, 0.15) is 5.82 Å². The van der Waals surface area contributed by atoms with Crippen molar-refractivity contribution in [2.75, 3.05) is 12.3 Å². The molecule has 15 heavy (non-hydrogen) atoms. The van der Waals surface area contributed by atoms with Gasteiger partial charge in [-0.05, 0) is 31.3 Å². The summed E-state index contributed by atoms with van der Waals surface area (Å²) >= 11 is 2.97. The zero-order valence-corrected chi connectivity index (χ0v) is 10.3. The lowest BCUT2D eigenvalue weighted by atomic mass is 10.4. The third-order valence-corrected chi connectivity index (χ3v) is 4.20. The number of nitrogens with one attached hydrogen (secondary N) is 1. The lowest BCUT2D eigenvalue weighted by Gasteiger charge is -2.09. The van der Waals surface area contributed by atoms with E-state index >= 15 is 0 Å². The van der Waals surface area contributed by atoms with E-state index in [9.17, 15) is 5.11 Å². The van der Waals surface area contributed by atoms with Crippen LogP contribution in [0.5, 0.6) is 0 Å². The summed E-state index contributed by atoms with van der Waals surface area (Å²) in [5, 5.41) is 13.0. The molecule has 84 valence electrons. The second-order valence-electron chi connectivity index (χ2n) is 3.75. The molecule has 4 nitrogen and oxygen atoms in total. The maximum Gasteiger partial charge on any atom is 0.170 e. The summed E-state index contributed by atoms with van der Waals surface area (Å²) in [7, 11) is 0. The van der Waals surface area contributed by atoms with Gasteiger partial charge in [0.15, 0.2) is 4.34 Å². The zero-order chi connectivity index (χ0) is 10.7. The molecular formula is C9H15N3OS2. The molecular weight excluding hydrogens is 230 g/mol. The zero-order valence-electron chi connectivity index (χ0n) is 8.64. The van der Waals surface area contributed by atoms with E-state index in [1.165, 1.54) is 24.4 Å². The standard InChI is InChI=1S/C9H15N3OS2/c1-6-11-9(15-12-6)14-5-8(13)4-10-7-2-3-7/h7-8,10,13H,2-5H2,1H3. The van der Waals surface area contributed by atoms with Crippen molar-refractivity contribution in [1.29, 1.82) is 0 Å². The number of hydrogen-bond acceptors (Lipinski definition) is 6. The number of aliphatic hydroxyl groups excluding tert-OH is 1. The van der Waals surface area contributed by atoms with Gasteiger partial charge < -0.3 is 10.4 Å². The molecule has 1 aromatic heterocycles. The van der Waals surface area contributed by atoms with Crippen molar-refractivity contribution in [3.05, 3.63) is 5.82 Å². The van der Waals surface area contributed by atoms with Gasteiger partial charge in [-0.15, -0.1) is 0 Å². The smallest absolute Gasteiger partial charge is 0.170 e. The van der Waals surface area contributed by atoms with Crippen LogP contribution in [-0.4, -0.2) is 38.9 Å². The minimum absolute atomic E-state index is 0.292. The second-order valence-corrected chi connectivity index (χ2v) is 5.77. The average molecular weight is 245 g/mol. The Hall–Kier alpha value is -0.170. The SMILES string of the molecule is Cc1nsc(SCC(O)CNC2CC2)n1. The van der Waals surface area contributed by atoms with Gasteiger partial charge in [-0.25, -0.2) is 4.98 Å². The summed E-state index contributed by atoms with van der Waals surface area (Å²) in [5.41, 5.74) is 0. The molecule has 1 aliphatic carbocycles. The Kier molecular flexibility index (Phi) is 3.96. The highest BCUT2D eigenvalue weighted by Crippen LogP contribution is 2.21. The minimum atomic E-state index is -0.292. The van der Waals surface area contributed by atoms with Crippen molar-refractivity contribution in [3.8, 4) is 0 Å². The van der Waals surface area contributed by atoms with Gasteiger partial charge in [0.25, 0.3) is 0 Å². The largest absolute Gasteiger partial charge is 0.391 e. The summed E-state index contributed by atoms with van der Waals surface area (Å²) in [6, 6.07) is 0.661. The van der Waals surface area contributed by atoms with Crippen LogP contribution in [-0.2, 0) is 0 Å². The van der Waals surface area contributed by atoms with Gasteiger partial charge in [-0.2, -0.15) is 4.37 Å². The maximum absolute atomic E-state index is 9.67. The number of thioether (sulfide) groups is 1. The first-order valence-electron chi connectivity index (χ1n) is 5.08. The lowest BCUT2D eigenvalue weighted by molar-refractivity contribution is 0.195. The van der Waals surface area contributed by atoms with Crippen molar-refractivity contribution in [2.45, 2.75) is 36.3 Å². The summed E-state index contributed by atoms with van der Waals surface area (Å²) in [6.07, 6.45) is 2.23. The molecule has 0 aliphatic heterocycles. The van der Waals surface area contributed by atoms with E-state index in [1.54, 1.807) is 11.8 Å². The molecule has 0 bridgehead atoms. The van der Waals surface area contributed by atoms with Gasteiger partial charge in [-0.3, -0.25) is 0 Å². The van der Waals surface area contributed by atoms with Crippen molar-refractivity contribution in [3.63, 3.8) is 0 Å². The molecule has 1 fully saturated rings. The third kappa shape index (κ3) is 4.06. The number of aliphatic hydroxyl groups is 1. The number of rotatable bonds is 6. The molecule has 0 amide bonds. The Labute approximate surface area is 97.7 Å². The fraction of sp³-hybridized carbons (Fsp3) is 0.778. The number of nitrogens with zero attached hydrogens (tertiary/aromatic N) is 2. The van der Waals surface area contributed by atoms with Crippen molar-refractivity contribution in [2.24, 2.45) is 0 Å². The monoisotopic (exact) mass is 245 g/mol. The molecule has 1 aromatic rings. The van der Waals surface area contributed by atoms with Crippen LogP contribution < -0.4 is 5.32 Å². The molecule has 0 aromatic carbocycles. The topological polar surface area (TPSA) is 58.0 Å². The molecule has 1 atom stereocenters. The summed E-state index contributed by atoms with van der Waals surface area (Å²) in [4.78, 5) is 4.23. The minimum Gasteiger partial charge on any atom is -0.391 e. The number of hydrogen-bond donors (Lipinski definition) is 2. The van der Waals surface area contributed by atoms with Gasteiger partial charge in [0.05, 0.1) is 6.10 Å². The van der Waals surface area contributed by atoms with E-state index in [0.29, 0.717) is 18.3 Å². The van der Waals surface area contributed by atoms with Crippen LogP contribution in [0.25, 0.3) is 0 Å². The van der Waals surface area contributed by atoms with Crippen LogP contribution in [0.1, 0.15) is 18.7 Å². The quantitative estimate of drug-likeness (QED) is 0.734. The fourth-order valence-electron chi connectivity index (χ4n) is 1.15. The average Bonchev–Trinajstić information content (AvgIpc) is 2.95. The fourth-order valence-corrected chi connectivity index (χ4v) is 2.75. The van der Waals surface area contributed by atoms with Crippen LogP contribution in [0.4, 0.5) is 0 Å². The first-order chi connectivity index (χ1) is 7.24. The Bertz CT molecular complexity index is 314. The molecule has 0 radical (unpaired) electrons. The van der Waals surface area contributed by atoms with E-state index in [1.807, 2.05) is 6.92 Å². The van der Waals surface area contributed by atoms with E-state index in [2.05, 4.69) is 14.7 Å². The van der Waals surface area contributed by atoms with E-state index in [0.717, 1.165) is 10.2 Å². The van der Waals surface area contributed by atoms with Crippen LogP contribution in [0.15, 0.2) is 4.34 Å².